The number of benzene rings is 2. The van der Waals surface area contributed by atoms with Crippen LogP contribution in [0.15, 0.2) is 42.6 Å². The molecule has 6 heteroatoms. The first-order chi connectivity index (χ1) is 13.0. The van der Waals surface area contributed by atoms with Gasteiger partial charge in [0.05, 0.1) is 16.3 Å². The Labute approximate surface area is 168 Å². The minimum atomic E-state index is 0.556. The Balaban J connectivity index is 2.05. The molecule has 0 spiro atoms. The highest BCUT2D eigenvalue weighted by Gasteiger charge is 2.19. The Morgan fingerprint density at radius 3 is 2.41 bits per heavy atom. The van der Waals surface area contributed by atoms with E-state index in [0.717, 1.165) is 58.1 Å². The van der Waals surface area contributed by atoms with Crippen molar-refractivity contribution in [2.45, 2.75) is 20.4 Å². The van der Waals surface area contributed by atoms with Gasteiger partial charge in [-0.2, -0.15) is 4.73 Å². The number of hydrogen-bond acceptors (Lipinski definition) is 2. The number of hydrogen-bond donors (Lipinski definition) is 0. The van der Waals surface area contributed by atoms with E-state index in [1.54, 1.807) is 12.3 Å². The maximum Gasteiger partial charge on any atom is 0.227 e. The number of nitrogens with zero attached hydrogens (tertiary/aromatic N) is 3. The second kappa shape index (κ2) is 7.19. The minimum Gasteiger partial charge on any atom is -0.618 e. The molecular formula is C21H21Cl2N3O. The van der Waals surface area contributed by atoms with Crippen molar-refractivity contribution in [2.24, 2.45) is 0 Å². The van der Waals surface area contributed by atoms with Gasteiger partial charge in [0.1, 0.15) is 0 Å². The summed E-state index contributed by atoms with van der Waals surface area (Å²) in [5.74, 6) is 0. The number of fused-ring (bicyclic) bond motifs is 5. The molecule has 0 radical (unpaired) electrons. The summed E-state index contributed by atoms with van der Waals surface area (Å²) in [6.45, 7) is 8.15. The van der Waals surface area contributed by atoms with Gasteiger partial charge in [0, 0.05) is 40.1 Å². The van der Waals surface area contributed by atoms with E-state index in [0.29, 0.717) is 15.6 Å². The summed E-state index contributed by atoms with van der Waals surface area (Å²) in [7, 11) is 0. The number of rotatable bonds is 5. The van der Waals surface area contributed by atoms with Crippen LogP contribution in [-0.4, -0.2) is 29.1 Å². The van der Waals surface area contributed by atoms with Gasteiger partial charge in [0.25, 0.3) is 0 Å². The largest absolute Gasteiger partial charge is 0.618 e. The fourth-order valence-electron chi connectivity index (χ4n) is 3.86. The van der Waals surface area contributed by atoms with Crippen LogP contribution in [0.5, 0.6) is 0 Å². The van der Waals surface area contributed by atoms with Crippen molar-refractivity contribution in [2.75, 3.05) is 19.6 Å². The van der Waals surface area contributed by atoms with Gasteiger partial charge < -0.3 is 14.7 Å². The van der Waals surface area contributed by atoms with Gasteiger partial charge >= 0.3 is 0 Å². The average molecular weight is 402 g/mol. The van der Waals surface area contributed by atoms with Gasteiger partial charge in [0.15, 0.2) is 6.20 Å². The fourth-order valence-corrected chi connectivity index (χ4v) is 4.20. The fraction of sp³-hybridized carbons (Fsp3) is 0.286. The van der Waals surface area contributed by atoms with Gasteiger partial charge in [0.2, 0.25) is 5.52 Å². The summed E-state index contributed by atoms with van der Waals surface area (Å²) in [6.07, 6.45) is 1.64. The zero-order chi connectivity index (χ0) is 19.1. The summed E-state index contributed by atoms with van der Waals surface area (Å²) >= 11 is 12.4. The Bertz CT molecular complexity index is 1150. The molecule has 0 unspecified atom stereocenters. The first kappa shape index (κ1) is 18.4. The molecule has 0 N–H and O–H groups in total. The van der Waals surface area contributed by atoms with E-state index >= 15 is 0 Å². The third kappa shape index (κ3) is 3.12. The van der Waals surface area contributed by atoms with E-state index < -0.39 is 0 Å². The van der Waals surface area contributed by atoms with Crippen LogP contribution >= 0.6 is 23.2 Å². The van der Waals surface area contributed by atoms with Crippen molar-refractivity contribution in [3.63, 3.8) is 0 Å². The maximum atomic E-state index is 12.6. The summed E-state index contributed by atoms with van der Waals surface area (Å²) in [5.41, 5.74) is 2.72. The van der Waals surface area contributed by atoms with Crippen LogP contribution in [0, 0.1) is 5.21 Å². The van der Waals surface area contributed by atoms with Gasteiger partial charge in [-0.1, -0.05) is 37.0 Å². The molecule has 2 aromatic heterocycles. The predicted octanol–water partition coefficient (Wildman–Crippen LogP) is 5.23. The smallest absolute Gasteiger partial charge is 0.227 e. The lowest BCUT2D eigenvalue weighted by atomic mass is 10.1. The molecular weight excluding hydrogens is 381 g/mol. The summed E-state index contributed by atoms with van der Waals surface area (Å²) in [5, 5.41) is 16.7. The average Bonchev–Trinajstić information content (AvgIpc) is 2.96. The third-order valence-corrected chi connectivity index (χ3v) is 5.77. The zero-order valence-electron chi connectivity index (χ0n) is 15.4. The molecule has 2 heterocycles. The molecule has 0 atom stereocenters. The Kier molecular flexibility index (Phi) is 4.89. The molecule has 140 valence electrons. The van der Waals surface area contributed by atoms with Crippen LogP contribution in [0.1, 0.15) is 13.8 Å². The quantitative estimate of drug-likeness (QED) is 0.339. The number of likely N-dealkylation sites (N-methyl/N-ethyl adjacent to an activating group) is 1. The van der Waals surface area contributed by atoms with E-state index in [1.165, 1.54) is 0 Å². The SMILES string of the molecule is CCN(CC)CCn1c2ccc(Cl)cc2c2c[n+]([O-])c3cc(Cl)ccc3c21. The predicted molar refractivity (Wildman–Crippen MR) is 114 cm³/mol. The molecule has 0 saturated carbocycles. The van der Waals surface area contributed by atoms with Crippen molar-refractivity contribution in [3.05, 3.63) is 57.8 Å². The Morgan fingerprint density at radius 1 is 0.963 bits per heavy atom. The molecule has 0 saturated heterocycles. The van der Waals surface area contributed by atoms with Crippen LogP contribution in [0.25, 0.3) is 32.7 Å². The molecule has 0 aliphatic heterocycles. The van der Waals surface area contributed by atoms with E-state index in [2.05, 4.69) is 23.3 Å². The normalized spacial score (nSPS) is 12.0. The second-order valence-electron chi connectivity index (χ2n) is 6.72. The molecule has 2 aromatic carbocycles. The lowest BCUT2D eigenvalue weighted by Crippen LogP contribution is -2.28. The number of pyridine rings is 1. The maximum absolute atomic E-state index is 12.6. The van der Waals surface area contributed by atoms with E-state index in [-0.39, 0.29) is 0 Å². The summed E-state index contributed by atoms with van der Waals surface area (Å²) in [4.78, 5) is 2.39. The topological polar surface area (TPSA) is 35.1 Å². The monoisotopic (exact) mass is 401 g/mol. The minimum absolute atomic E-state index is 0.556. The third-order valence-electron chi connectivity index (χ3n) is 5.30. The molecule has 4 aromatic rings. The van der Waals surface area contributed by atoms with Gasteiger partial charge in [-0.05, 0) is 43.4 Å². The zero-order valence-corrected chi connectivity index (χ0v) is 16.9. The van der Waals surface area contributed by atoms with Gasteiger partial charge in [-0.25, -0.2) is 0 Å². The molecule has 4 rings (SSSR count). The van der Waals surface area contributed by atoms with Crippen LogP contribution in [0.2, 0.25) is 10.0 Å². The molecule has 4 nitrogen and oxygen atoms in total. The van der Waals surface area contributed by atoms with Crippen molar-refractivity contribution in [1.29, 1.82) is 0 Å². The highest BCUT2D eigenvalue weighted by molar-refractivity contribution is 6.32. The highest BCUT2D eigenvalue weighted by atomic mass is 35.5. The van der Waals surface area contributed by atoms with Gasteiger partial charge in [-0.3, -0.25) is 0 Å². The molecule has 27 heavy (non-hydrogen) atoms. The molecule has 0 aliphatic carbocycles. The van der Waals surface area contributed by atoms with Crippen LogP contribution in [0.3, 0.4) is 0 Å². The highest BCUT2D eigenvalue weighted by Crippen LogP contribution is 2.34. The number of aromatic nitrogens is 2. The van der Waals surface area contributed by atoms with E-state index in [9.17, 15) is 5.21 Å². The summed E-state index contributed by atoms with van der Waals surface area (Å²) < 4.78 is 3.20. The first-order valence-electron chi connectivity index (χ1n) is 9.18. The lowest BCUT2D eigenvalue weighted by Gasteiger charge is -2.19. The lowest BCUT2D eigenvalue weighted by molar-refractivity contribution is -0.575. The molecule has 0 amide bonds. The van der Waals surface area contributed by atoms with E-state index in [4.69, 9.17) is 23.2 Å². The van der Waals surface area contributed by atoms with Crippen molar-refractivity contribution >= 4 is 55.9 Å². The number of halogens is 2. The Hall–Kier alpha value is -2.01. The molecule has 0 fully saturated rings. The van der Waals surface area contributed by atoms with Crippen molar-refractivity contribution in [1.82, 2.24) is 9.47 Å². The van der Waals surface area contributed by atoms with Crippen LogP contribution in [0.4, 0.5) is 0 Å². The van der Waals surface area contributed by atoms with E-state index in [1.807, 2.05) is 30.3 Å². The Morgan fingerprint density at radius 2 is 1.67 bits per heavy atom. The molecule has 0 aliphatic rings. The standard InChI is InChI=1S/C21H21Cl2N3O/c1-3-24(4-2)9-10-25-19-8-6-14(22)11-17(19)18-13-26(27)20-12-15(23)5-7-16(20)21(18)25/h5-8,11-13H,3-4,9-10H2,1-2H3. The molecule has 0 bridgehead atoms. The first-order valence-corrected chi connectivity index (χ1v) is 9.94. The van der Waals surface area contributed by atoms with Gasteiger partial charge in [-0.15, -0.1) is 0 Å². The van der Waals surface area contributed by atoms with Crippen molar-refractivity contribution < 1.29 is 4.73 Å². The summed E-state index contributed by atoms with van der Waals surface area (Å²) in [6, 6.07) is 11.4. The van der Waals surface area contributed by atoms with Crippen molar-refractivity contribution in [3.8, 4) is 0 Å². The van der Waals surface area contributed by atoms with Crippen LogP contribution < -0.4 is 4.73 Å². The second-order valence-corrected chi connectivity index (χ2v) is 7.59. The van der Waals surface area contributed by atoms with Crippen LogP contribution in [-0.2, 0) is 6.54 Å².